The minimum absolute atomic E-state index is 0.233. The Balaban J connectivity index is 2.21. The molecule has 1 aliphatic rings. The van der Waals surface area contributed by atoms with Gasteiger partial charge in [0.05, 0.1) is 25.6 Å². The Morgan fingerprint density at radius 3 is 2.39 bits per heavy atom. The van der Waals surface area contributed by atoms with E-state index in [0.29, 0.717) is 35.7 Å². The number of halogens is 1. The van der Waals surface area contributed by atoms with Gasteiger partial charge in [0.15, 0.2) is 11.5 Å². The van der Waals surface area contributed by atoms with Gasteiger partial charge in [-0.25, -0.2) is 0 Å². The number of carbonyl (C=O) groups is 1. The second-order valence-corrected chi connectivity index (χ2v) is 8.40. The number of ether oxygens (including phenoxy) is 2. The molecule has 0 bridgehead atoms. The number of hydrogen-bond donors (Lipinski definition) is 0. The molecule has 0 radical (unpaired) electrons. The molecule has 0 heterocycles. The van der Waals surface area contributed by atoms with Gasteiger partial charge < -0.3 is 9.47 Å². The van der Waals surface area contributed by atoms with E-state index in [0.717, 1.165) is 28.3 Å². The van der Waals surface area contributed by atoms with Gasteiger partial charge in [-0.15, -0.1) is 0 Å². The first-order valence-electron chi connectivity index (χ1n) is 10.4. The van der Waals surface area contributed by atoms with E-state index in [2.05, 4.69) is 15.9 Å². The lowest BCUT2D eigenvalue weighted by atomic mass is 9.84. The summed E-state index contributed by atoms with van der Waals surface area (Å²) in [5.41, 5.74) is 2.76. The molecular formula is C24H26BrNO5. The predicted molar refractivity (Wildman–Crippen MR) is 123 cm³/mol. The largest absolute Gasteiger partial charge is 0.493 e. The van der Waals surface area contributed by atoms with Crippen LogP contribution >= 0.6 is 15.9 Å². The van der Waals surface area contributed by atoms with E-state index < -0.39 is 12.0 Å². The molecule has 7 heteroatoms. The molecule has 0 saturated heterocycles. The summed E-state index contributed by atoms with van der Waals surface area (Å²) in [6, 6.07) is 12.0. The molecule has 31 heavy (non-hydrogen) atoms. The minimum atomic E-state index is -0.929. The lowest BCUT2D eigenvalue weighted by Crippen LogP contribution is -2.31. The molecule has 6 nitrogen and oxygen atoms in total. The van der Waals surface area contributed by atoms with E-state index in [9.17, 15) is 14.9 Å². The topological polar surface area (TPSA) is 78.7 Å². The molecule has 0 N–H and O–H groups in total. The van der Waals surface area contributed by atoms with Crippen molar-refractivity contribution in [3.05, 3.63) is 73.8 Å². The van der Waals surface area contributed by atoms with Gasteiger partial charge in [-0.3, -0.25) is 14.9 Å². The zero-order valence-electron chi connectivity index (χ0n) is 17.8. The van der Waals surface area contributed by atoms with Gasteiger partial charge in [-0.2, -0.15) is 0 Å². The van der Waals surface area contributed by atoms with Crippen molar-refractivity contribution in [3.8, 4) is 11.5 Å². The Kier molecular flexibility index (Phi) is 7.49. The summed E-state index contributed by atoms with van der Waals surface area (Å²) in [6.45, 7) is 4.35. The SMILES string of the molecule is CCC[C@H]1C(c2ccc(Br)cc2)=C(C=O)[C@@H](c2ccc(OCC)c(OC)c2)[C@@H]1[N+](=O)[O-]. The number of aldehydes is 1. The zero-order valence-corrected chi connectivity index (χ0v) is 19.4. The highest BCUT2D eigenvalue weighted by atomic mass is 79.9. The summed E-state index contributed by atoms with van der Waals surface area (Å²) in [5.74, 6) is 0.0475. The van der Waals surface area contributed by atoms with Crippen molar-refractivity contribution in [3.63, 3.8) is 0 Å². The second-order valence-electron chi connectivity index (χ2n) is 7.49. The molecule has 3 rings (SSSR count). The Morgan fingerprint density at radius 2 is 1.84 bits per heavy atom. The number of nitrogens with zero attached hydrogens (tertiary/aromatic N) is 1. The smallest absolute Gasteiger partial charge is 0.230 e. The highest BCUT2D eigenvalue weighted by molar-refractivity contribution is 9.10. The van der Waals surface area contributed by atoms with Crippen LogP contribution in [0.3, 0.4) is 0 Å². The average Bonchev–Trinajstić information content (AvgIpc) is 3.09. The third kappa shape index (κ3) is 4.51. The van der Waals surface area contributed by atoms with Crippen molar-refractivity contribution >= 4 is 27.8 Å². The molecule has 3 atom stereocenters. The minimum Gasteiger partial charge on any atom is -0.493 e. The third-order valence-electron chi connectivity index (χ3n) is 5.74. The zero-order chi connectivity index (χ0) is 22.5. The fourth-order valence-electron chi connectivity index (χ4n) is 4.54. The summed E-state index contributed by atoms with van der Waals surface area (Å²) in [7, 11) is 1.53. The van der Waals surface area contributed by atoms with Crippen molar-refractivity contribution in [2.24, 2.45) is 5.92 Å². The molecule has 0 aromatic heterocycles. The summed E-state index contributed by atoms with van der Waals surface area (Å²) in [6.07, 6.45) is 2.19. The monoisotopic (exact) mass is 487 g/mol. The summed E-state index contributed by atoms with van der Waals surface area (Å²) in [5, 5.41) is 12.3. The number of methoxy groups -OCH3 is 1. The van der Waals surface area contributed by atoms with Crippen LogP contribution in [-0.2, 0) is 4.79 Å². The maximum absolute atomic E-state index is 12.3. The Labute approximate surface area is 190 Å². The van der Waals surface area contributed by atoms with Gasteiger partial charge in [-0.1, -0.05) is 47.5 Å². The molecule has 0 saturated carbocycles. The molecule has 0 unspecified atom stereocenters. The van der Waals surface area contributed by atoms with Crippen LogP contribution in [0.15, 0.2) is 52.5 Å². The lowest BCUT2D eigenvalue weighted by Gasteiger charge is -2.21. The predicted octanol–water partition coefficient (Wildman–Crippen LogP) is 5.67. The third-order valence-corrected chi connectivity index (χ3v) is 6.27. The Bertz CT molecular complexity index is 986. The number of rotatable bonds is 9. The first kappa shape index (κ1) is 23.0. The van der Waals surface area contributed by atoms with Crippen molar-refractivity contribution in [1.82, 2.24) is 0 Å². The molecule has 2 aromatic carbocycles. The first-order chi connectivity index (χ1) is 15.0. The van der Waals surface area contributed by atoms with E-state index in [4.69, 9.17) is 9.47 Å². The molecule has 1 aliphatic carbocycles. The van der Waals surface area contributed by atoms with Gasteiger partial charge >= 0.3 is 0 Å². The van der Waals surface area contributed by atoms with Gasteiger partial charge in [0.1, 0.15) is 6.29 Å². The lowest BCUT2D eigenvalue weighted by molar-refractivity contribution is -0.530. The summed E-state index contributed by atoms with van der Waals surface area (Å²) >= 11 is 3.43. The highest BCUT2D eigenvalue weighted by Gasteiger charge is 2.50. The van der Waals surface area contributed by atoms with Crippen LogP contribution in [0.25, 0.3) is 5.57 Å². The molecule has 0 fully saturated rings. The summed E-state index contributed by atoms with van der Waals surface area (Å²) in [4.78, 5) is 24.4. The van der Waals surface area contributed by atoms with E-state index in [-0.39, 0.29) is 10.8 Å². The molecule has 0 spiro atoms. The first-order valence-corrected chi connectivity index (χ1v) is 11.1. The number of benzene rings is 2. The van der Waals surface area contributed by atoms with Crippen LogP contribution < -0.4 is 9.47 Å². The van der Waals surface area contributed by atoms with E-state index in [1.165, 1.54) is 7.11 Å². The van der Waals surface area contributed by atoms with Gasteiger partial charge in [-0.05, 0) is 54.3 Å². The molecule has 0 aliphatic heterocycles. The highest BCUT2D eigenvalue weighted by Crippen LogP contribution is 2.50. The normalized spacial score (nSPS) is 20.6. The fourth-order valence-corrected chi connectivity index (χ4v) is 4.80. The van der Waals surface area contributed by atoms with Crippen molar-refractivity contribution in [1.29, 1.82) is 0 Å². The van der Waals surface area contributed by atoms with Crippen LogP contribution in [0.5, 0.6) is 11.5 Å². The second kappa shape index (κ2) is 10.1. The maximum atomic E-state index is 12.3. The van der Waals surface area contributed by atoms with Crippen molar-refractivity contribution in [2.45, 2.75) is 38.6 Å². The van der Waals surface area contributed by atoms with Crippen LogP contribution in [0.4, 0.5) is 0 Å². The van der Waals surface area contributed by atoms with E-state index >= 15 is 0 Å². The van der Waals surface area contributed by atoms with E-state index in [1.54, 1.807) is 18.2 Å². The van der Waals surface area contributed by atoms with Crippen LogP contribution in [0, 0.1) is 16.0 Å². The van der Waals surface area contributed by atoms with Gasteiger partial charge in [0.25, 0.3) is 0 Å². The average molecular weight is 488 g/mol. The van der Waals surface area contributed by atoms with Crippen LogP contribution in [0.2, 0.25) is 0 Å². The van der Waals surface area contributed by atoms with Crippen LogP contribution in [-0.4, -0.2) is 31.0 Å². The standard InChI is InChI=1S/C24H26BrNO5/c1-4-6-18-22(15-7-10-17(25)11-8-15)19(14-27)23(24(18)26(28)29)16-9-12-20(31-5-2)21(13-16)30-3/h7-14,18,23-24H,4-6H2,1-3H3/t18-,23+,24+/m0/s1. The van der Waals surface area contributed by atoms with Gasteiger partial charge in [0.2, 0.25) is 6.04 Å². The van der Waals surface area contributed by atoms with Crippen molar-refractivity contribution < 1.29 is 19.2 Å². The van der Waals surface area contributed by atoms with Gasteiger partial charge in [0, 0.05) is 15.0 Å². The maximum Gasteiger partial charge on any atom is 0.230 e. The fraction of sp³-hybridized carbons (Fsp3) is 0.375. The van der Waals surface area contributed by atoms with Crippen LogP contribution in [0.1, 0.15) is 43.7 Å². The quantitative estimate of drug-likeness (QED) is 0.258. The summed E-state index contributed by atoms with van der Waals surface area (Å²) < 4.78 is 12.0. The molecule has 164 valence electrons. The number of carbonyl (C=O) groups excluding carboxylic acids is 1. The molecule has 0 amide bonds. The number of hydrogen-bond acceptors (Lipinski definition) is 5. The van der Waals surface area contributed by atoms with Crippen molar-refractivity contribution in [2.75, 3.05) is 13.7 Å². The Hall–Kier alpha value is -2.67. The number of nitro groups is 1. The van der Waals surface area contributed by atoms with E-state index in [1.807, 2.05) is 38.1 Å². The molecular weight excluding hydrogens is 462 g/mol. The Morgan fingerprint density at radius 1 is 1.13 bits per heavy atom. The molecule has 2 aromatic rings.